The zero-order valence-corrected chi connectivity index (χ0v) is 23.7. The zero-order chi connectivity index (χ0) is 26.5. The number of carbonyl (C=O) groups is 2. The van der Waals surface area contributed by atoms with Crippen LogP contribution >= 0.6 is 45.8 Å². The molecule has 0 aromatic heterocycles. The van der Waals surface area contributed by atoms with Crippen molar-refractivity contribution in [1.82, 2.24) is 10.2 Å². The van der Waals surface area contributed by atoms with Crippen molar-refractivity contribution in [2.75, 3.05) is 13.2 Å². The van der Waals surface area contributed by atoms with E-state index in [0.29, 0.717) is 26.9 Å². The lowest BCUT2D eigenvalue weighted by Crippen LogP contribution is -2.56. The van der Waals surface area contributed by atoms with E-state index in [1.807, 2.05) is 18.2 Å². The van der Waals surface area contributed by atoms with Crippen molar-refractivity contribution in [3.8, 4) is 5.75 Å². The molecule has 0 aliphatic heterocycles. The molecule has 2 aromatic rings. The Morgan fingerprint density at radius 2 is 1.92 bits per heavy atom. The Balaban J connectivity index is 1.69. The molecule has 1 saturated carbocycles. The summed E-state index contributed by atoms with van der Waals surface area (Å²) in [6.07, 6.45) is 2.32. The van der Waals surface area contributed by atoms with Crippen LogP contribution in [0.1, 0.15) is 31.2 Å². The Hall–Kier alpha value is -1.85. The average Bonchev–Trinajstić information content (AvgIpc) is 2.83. The minimum atomic E-state index is -1.10. The van der Waals surface area contributed by atoms with Gasteiger partial charge in [-0.25, -0.2) is 0 Å². The highest BCUT2D eigenvalue weighted by Gasteiger charge is 2.43. The van der Waals surface area contributed by atoms with Crippen molar-refractivity contribution in [2.24, 2.45) is 5.92 Å². The molecular weight excluding hydrogens is 630 g/mol. The van der Waals surface area contributed by atoms with Gasteiger partial charge < -0.3 is 25.2 Å². The maximum absolute atomic E-state index is 13.7. The van der Waals surface area contributed by atoms with Crippen molar-refractivity contribution in [3.05, 3.63) is 73.3 Å². The summed E-state index contributed by atoms with van der Waals surface area (Å²) in [4.78, 5) is 28.3. The van der Waals surface area contributed by atoms with Crippen molar-refractivity contribution in [2.45, 2.75) is 50.5 Å². The van der Waals surface area contributed by atoms with Gasteiger partial charge in [-0.1, -0.05) is 47.8 Å². The molecule has 4 rings (SSSR count). The first-order valence-corrected chi connectivity index (χ1v) is 14.1. The highest BCUT2D eigenvalue weighted by atomic mass is 127. The van der Waals surface area contributed by atoms with Crippen molar-refractivity contribution < 1.29 is 24.5 Å². The minimum absolute atomic E-state index is 0.0774. The van der Waals surface area contributed by atoms with Gasteiger partial charge in [0.15, 0.2) is 0 Å². The van der Waals surface area contributed by atoms with Crippen molar-refractivity contribution in [3.63, 3.8) is 0 Å². The van der Waals surface area contributed by atoms with Crippen LogP contribution in [0.15, 0.2) is 54.1 Å². The molecule has 0 heterocycles. The number of aliphatic hydroxyl groups excluding tert-OH is 2. The quantitative estimate of drug-likeness (QED) is 0.348. The third-order valence-electron chi connectivity index (χ3n) is 6.81. The van der Waals surface area contributed by atoms with Crippen molar-refractivity contribution >= 4 is 57.6 Å². The van der Waals surface area contributed by atoms with Gasteiger partial charge in [-0.2, -0.15) is 0 Å². The summed E-state index contributed by atoms with van der Waals surface area (Å²) < 4.78 is 7.04. The molecule has 0 unspecified atom stereocenters. The van der Waals surface area contributed by atoms with Gasteiger partial charge >= 0.3 is 0 Å². The maximum Gasteiger partial charge on any atom is 0.247 e. The lowest BCUT2D eigenvalue weighted by Gasteiger charge is -2.43. The van der Waals surface area contributed by atoms with Gasteiger partial charge in [-0.05, 0) is 71.3 Å². The first-order valence-electron chi connectivity index (χ1n) is 12.2. The van der Waals surface area contributed by atoms with Gasteiger partial charge in [0, 0.05) is 41.0 Å². The molecule has 2 aliphatic rings. The van der Waals surface area contributed by atoms with E-state index in [-0.39, 0.29) is 43.8 Å². The standard InChI is InChI=1S/C27H29Cl2IN2O5/c28-19-9-8-17(20(29)14-19)15-32(27(36)16-4-3-5-16)22-12-18(26(35)31-10-11-33)13-24(25(22)34)37-23-7-2-1-6-21(23)30/h1-2,6-9,13-14,16,22,24-25,33-34H,3-5,10-12,15H2,(H,31,35)/t22-,24+,25+/m1/s1. The monoisotopic (exact) mass is 658 g/mol. The van der Waals surface area contributed by atoms with E-state index in [1.165, 1.54) is 0 Å². The minimum Gasteiger partial charge on any atom is -0.482 e. The van der Waals surface area contributed by atoms with E-state index in [1.54, 1.807) is 35.2 Å². The van der Waals surface area contributed by atoms with Gasteiger partial charge in [0.1, 0.15) is 18.0 Å². The van der Waals surface area contributed by atoms with E-state index >= 15 is 0 Å². The molecule has 2 amide bonds. The number of ether oxygens (including phenoxy) is 1. The lowest BCUT2D eigenvalue weighted by molar-refractivity contribution is -0.146. The highest BCUT2D eigenvalue weighted by Crippen LogP contribution is 2.35. The maximum atomic E-state index is 13.7. The normalized spacial score (nSPS) is 21.5. The van der Waals surface area contributed by atoms with Gasteiger partial charge in [0.05, 0.1) is 16.2 Å². The van der Waals surface area contributed by atoms with Crippen LogP contribution in [0, 0.1) is 9.49 Å². The van der Waals surface area contributed by atoms with E-state index in [9.17, 15) is 19.8 Å². The smallest absolute Gasteiger partial charge is 0.247 e. The summed E-state index contributed by atoms with van der Waals surface area (Å²) in [6.45, 7) is 0.0549. The summed E-state index contributed by atoms with van der Waals surface area (Å²) in [5, 5.41) is 24.3. The fourth-order valence-electron chi connectivity index (χ4n) is 4.55. The van der Waals surface area contributed by atoms with Crippen molar-refractivity contribution in [1.29, 1.82) is 0 Å². The van der Waals surface area contributed by atoms with Crippen LogP contribution < -0.4 is 10.1 Å². The molecule has 2 aromatic carbocycles. The number of aliphatic hydroxyl groups is 2. The van der Waals surface area contributed by atoms with Gasteiger partial charge in [0.25, 0.3) is 0 Å². The number of benzene rings is 2. The van der Waals surface area contributed by atoms with E-state index < -0.39 is 18.2 Å². The van der Waals surface area contributed by atoms with Crippen LogP contribution in [-0.2, 0) is 16.1 Å². The molecule has 37 heavy (non-hydrogen) atoms. The zero-order valence-electron chi connectivity index (χ0n) is 20.1. The van der Waals surface area contributed by atoms with Crippen LogP contribution in [-0.4, -0.2) is 58.3 Å². The van der Waals surface area contributed by atoms with Crippen LogP contribution in [0.2, 0.25) is 10.0 Å². The Labute approximate surface area is 239 Å². The van der Waals surface area contributed by atoms with E-state index in [2.05, 4.69) is 27.9 Å². The Morgan fingerprint density at radius 1 is 1.16 bits per heavy atom. The fourth-order valence-corrected chi connectivity index (χ4v) is 5.53. The Morgan fingerprint density at radius 3 is 2.57 bits per heavy atom. The molecule has 7 nitrogen and oxygen atoms in total. The van der Waals surface area contributed by atoms with Crippen LogP contribution in [0.4, 0.5) is 0 Å². The second kappa shape index (κ2) is 12.8. The molecule has 3 N–H and O–H groups in total. The molecule has 3 atom stereocenters. The highest BCUT2D eigenvalue weighted by molar-refractivity contribution is 14.1. The summed E-state index contributed by atoms with van der Waals surface area (Å²) >= 11 is 14.7. The number of amides is 2. The Bertz CT molecular complexity index is 1170. The molecule has 0 spiro atoms. The van der Waals surface area contributed by atoms with Crippen LogP contribution in [0.25, 0.3) is 0 Å². The Kier molecular flexibility index (Phi) is 9.74. The number of hydrogen-bond acceptors (Lipinski definition) is 5. The number of nitrogens with zero attached hydrogens (tertiary/aromatic N) is 1. The predicted octanol–water partition coefficient (Wildman–Crippen LogP) is 4.34. The fraction of sp³-hybridized carbons (Fsp3) is 0.407. The molecular formula is C27H29Cl2IN2O5. The average molecular weight is 659 g/mol. The van der Waals surface area contributed by atoms with Crippen LogP contribution in [0.5, 0.6) is 5.75 Å². The summed E-state index contributed by atoms with van der Waals surface area (Å²) in [7, 11) is 0. The number of nitrogens with one attached hydrogen (secondary N) is 1. The molecule has 2 aliphatic carbocycles. The molecule has 10 heteroatoms. The first-order chi connectivity index (χ1) is 17.8. The number of rotatable bonds is 9. The third-order valence-corrected chi connectivity index (χ3v) is 8.29. The third kappa shape index (κ3) is 6.78. The number of hydrogen-bond donors (Lipinski definition) is 3. The largest absolute Gasteiger partial charge is 0.482 e. The van der Waals surface area contributed by atoms with Crippen LogP contribution in [0.3, 0.4) is 0 Å². The number of halogens is 3. The second-order valence-corrected chi connectivity index (χ2v) is 11.3. The molecule has 0 radical (unpaired) electrons. The second-order valence-electron chi connectivity index (χ2n) is 9.28. The molecule has 0 bridgehead atoms. The topological polar surface area (TPSA) is 99.1 Å². The summed E-state index contributed by atoms with van der Waals surface area (Å²) in [5.41, 5.74) is 1.08. The van der Waals surface area contributed by atoms with Gasteiger partial charge in [0.2, 0.25) is 11.8 Å². The van der Waals surface area contributed by atoms with Gasteiger partial charge in [-0.15, -0.1) is 0 Å². The molecule has 0 saturated heterocycles. The first kappa shape index (κ1) is 28.2. The molecule has 1 fully saturated rings. The number of carbonyl (C=O) groups excluding carboxylic acids is 2. The van der Waals surface area contributed by atoms with Gasteiger partial charge in [-0.3, -0.25) is 9.59 Å². The summed E-state index contributed by atoms with van der Waals surface area (Å²) in [5.74, 6) is -0.0173. The SMILES string of the molecule is O=C(NCCO)C1=C[C@H](Oc2ccccc2I)[C@@H](O)[C@H](N(Cc2ccc(Cl)cc2Cl)C(=O)C2CCC2)C1. The van der Waals surface area contributed by atoms with E-state index in [0.717, 1.165) is 22.8 Å². The summed E-state index contributed by atoms with van der Waals surface area (Å²) in [6, 6.07) is 11.8. The molecule has 198 valence electrons. The van der Waals surface area contributed by atoms with E-state index in [4.69, 9.17) is 27.9 Å². The number of para-hydroxylation sites is 1. The lowest BCUT2D eigenvalue weighted by atomic mass is 9.82. The predicted molar refractivity (Wildman–Crippen MR) is 151 cm³/mol.